The van der Waals surface area contributed by atoms with Gasteiger partial charge in [-0.2, -0.15) is 13.2 Å². The van der Waals surface area contributed by atoms with Crippen LogP contribution in [0.4, 0.5) is 13.2 Å². The van der Waals surface area contributed by atoms with Crippen molar-refractivity contribution in [2.45, 2.75) is 38.5 Å². The number of rotatable bonds is 7. The predicted octanol–water partition coefficient (Wildman–Crippen LogP) is 3.05. The summed E-state index contributed by atoms with van der Waals surface area (Å²) in [6.45, 7) is 0.895. The van der Waals surface area contributed by atoms with E-state index in [1.807, 2.05) is 37.3 Å². The quantitative estimate of drug-likeness (QED) is 0.784. The van der Waals surface area contributed by atoms with Gasteiger partial charge in [0.2, 0.25) is 0 Å². The molecule has 20 heavy (non-hydrogen) atoms. The molecular weight excluding hydrogens is 271 g/mol. The number of alkyl halides is 3. The Hall–Kier alpha value is -1.56. The molecule has 112 valence electrons. The summed E-state index contributed by atoms with van der Waals surface area (Å²) in [5.41, 5.74) is 1.05. The standard InChI is InChI=1S/C14H18F3NO2/c1-2-12(8-13(19)20-10-14(15,16)17)18-9-11-6-4-3-5-7-11/h3-7,12,18H,2,8-10H2,1H3. The number of carbonyl (C=O) groups excluding carboxylic acids is 1. The molecule has 0 aromatic heterocycles. The number of ether oxygens (including phenoxy) is 1. The molecule has 1 aromatic rings. The zero-order chi connectivity index (χ0) is 15.0. The smallest absolute Gasteiger partial charge is 0.422 e. The van der Waals surface area contributed by atoms with Gasteiger partial charge in [-0.15, -0.1) is 0 Å². The Morgan fingerprint density at radius 1 is 1.30 bits per heavy atom. The predicted molar refractivity (Wildman–Crippen MR) is 69.0 cm³/mol. The van der Waals surface area contributed by atoms with E-state index in [0.29, 0.717) is 13.0 Å². The molecule has 3 nitrogen and oxygen atoms in total. The first kappa shape index (κ1) is 16.5. The zero-order valence-corrected chi connectivity index (χ0v) is 11.2. The van der Waals surface area contributed by atoms with Crippen LogP contribution in [-0.2, 0) is 16.1 Å². The highest BCUT2D eigenvalue weighted by molar-refractivity contribution is 5.70. The van der Waals surface area contributed by atoms with Crippen LogP contribution >= 0.6 is 0 Å². The van der Waals surface area contributed by atoms with Crippen LogP contribution in [0, 0.1) is 0 Å². The van der Waals surface area contributed by atoms with Crippen molar-refractivity contribution >= 4 is 5.97 Å². The Balaban J connectivity index is 2.33. The maximum Gasteiger partial charge on any atom is 0.422 e. The highest BCUT2D eigenvalue weighted by Gasteiger charge is 2.29. The van der Waals surface area contributed by atoms with Gasteiger partial charge in [-0.05, 0) is 12.0 Å². The fourth-order valence-electron chi connectivity index (χ4n) is 1.64. The van der Waals surface area contributed by atoms with Crippen molar-refractivity contribution in [3.05, 3.63) is 35.9 Å². The second-order valence-electron chi connectivity index (χ2n) is 4.45. The maximum atomic E-state index is 11.9. The lowest BCUT2D eigenvalue weighted by Gasteiger charge is -2.16. The van der Waals surface area contributed by atoms with E-state index in [-0.39, 0.29) is 12.5 Å². The van der Waals surface area contributed by atoms with E-state index >= 15 is 0 Å². The van der Waals surface area contributed by atoms with E-state index in [1.54, 1.807) is 0 Å². The molecule has 1 N–H and O–H groups in total. The topological polar surface area (TPSA) is 38.3 Å². The van der Waals surface area contributed by atoms with Gasteiger partial charge in [0.1, 0.15) is 0 Å². The van der Waals surface area contributed by atoms with Crippen LogP contribution in [0.2, 0.25) is 0 Å². The van der Waals surface area contributed by atoms with Crippen molar-refractivity contribution in [2.24, 2.45) is 0 Å². The summed E-state index contributed by atoms with van der Waals surface area (Å²) < 4.78 is 39.9. The largest absolute Gasteiger partial charge is 0.456 e. The molecule has 6 heteroatoms. The van der Waals surface area contributed by atoms with Crippen molar-refractivity contribution in [1.29, 1.82) is 0 Å². The lowest BCUT2D eigenvalue weighted by atomic mass is 10.1. The first-order valence-corrected chi connectivity index (χ1v) is 6.40. The van der Waals surface area contributed by atoms with Gasteiger partial charge >= 0.3 is 12.1 Å². The van der Waals surface area contributed by atoms with E-state index in [1.165, 1.54) is 0 Å². The Morgan fingerprint density at radius 3 is 2.50 bits per heavy atom. The number of nitrogens with one attached hydrogen (secondary N) is 1. The minimum atomic E-state index is -4.48. The molecule has 1 atom stereocenters. The van der Waals surface area contributed by atoms with Gasteiger partial charge < -0.3 is 10.1 Å². The Labute approximate surface area is 116 Å². The van der Waals surface area contributed by atoms with Gasteiger partial charge in [0, 0.05) is 12.6 Å². The van der Waals surface area contributed by atoms with Crippen LogP contribution in [-0.4, -0.2) is 24.8 Å². The van der Waals surface area contributed by atoms with E-state index in [9.17, 15) is 18.0 Å². The van der Waals surface area contributed by atoms with Crippen LogP contribution in [0.5, 0.6) is 0 Å². The number of halogens is 3. The van der Waals surface area contributed by atoms with E-state index in [0.717, 1.165) is 5.56 Å². The molecule has 0 aliphatic carbocycles. The highest BCUT2D eigenvalue weighted by Crippen LogP contribution is 2.15. The monoisotopic (exact) mass is 289 g/mol. The molecular formula is C14H18F3NO2. The molecule has 1 rings (SSSR count). The summed E-state index contributed by atoms with van der Waals surface area (Å²) in [5.74, 6) is -0.838. The number of benzene rings is 1. The minimum Gasteiger partial charge on any atom is -0.456 e. The first-order chi connectivity index (χ1) is 9.40. The molecule has 0 saturated heterocycles. The molecule has 0 radical (unpaired) electrons. The normalized spacial score (nSPS) is 13.0. The molecule has 0 bridgehead atoms. The molecule has 0 aliphatic rings. The first-order valence-electron chi connectivity index (χ1n) is 6.40. The minimum absolute atomic E-state index is 0.0700. The van der Waals surface area contributed by atoms with Gasteiger partial charge in [-0.3, -0.25) is 4.79 Å². The van der Waals surface area contributed by atoms with Gasteiger partial charge in [0.25, 0.3) is 0 Å². The molecule has 1 unspecified atom stereocenters. The summed E-state index contributed by atoms with van der Waals surface area (Å²) in [5, 5.41) is 3.13. The van der Waals surface area contributed by atoms with Crippen LogP contribution in [0.15, 0.2) is 30.3 Å². The summed E-state index contributed by atoms with van der Waals surface area (Å²) in [6, 6.07) is 9.36. The Bertz CT molecular complexity index is 407. The van der Waals surface area contributed by atoms with Crippen LogP contribution < -0.4 is 5.32 Å². The molecule has 1 aromatic carbocycles. The summed E-state index contributed by atoms with van der Waals surface area (Å²) in [7, 11) is 0. The maximum absolute atomic E-state index is 11.9. The third kappa shape index (κ3) is 7.13. The number of carbonyl (C=O) groups is 1. The van der Waals surface area contributed by atoms with Gasteiger partial charge in [-0.25, -0.2) is 0 Å². The Morgan fingerprint density at radius 2 is 1.95 bits per heavy atom. The summed E-state index contributed by atoms with van der Waals surface area (Å²) in [6.07, 6.45) is -3.91. The lowest BCUT2D eigenvalue weighted by Crippen LogP contribution is -2.32. The van der Waals surface area contributed by atoms with Crippen molar-refractivity contribution in [3.63, 3.8) is 0 Å². The number of esters is 1. The molecule has 0 spiro atoms. The lowest BCUT2D eigenvalue weighted by molar-refractivity contribution is -0.186. The molecule has 0 fully saturated rings. The van der Waals surface area contributed by atoms with Crippen molar-refractivity contribution in [3.8, 4) is 0 Å². The second-order valence-corrected chi connectivity index (χ2v) is 4.45. The fraction of sp³-hybridized carbons (Fsp3) is 0.500. The van der Waals surface area contributed by atoms with Gasteiger partial charge in [0.05, 0.1) is 6.42 Å². The molecule has 0 amide bonds. The van der Waals surface area contributed by atoms with Crippen LogP contribution in [0.1, 0.15) is 25.3 Å². The zero-order valence-electron chi connectivity index (χ0n) is 11.2. The molecule has 0 aliphatic heterocycles. The van der Waals surface area contributed by atoms with E-state index in [2.05, 4.69) is 10.1 Å². The van der Waals surface area contributed by atoms with E-state index < -0.39 is 18.8 Å². The third-order valence-electron chi connectivity index (χ3n) is 2.74. The second kappa shape index (κ2) is 7.89. The van der Waals surface area contributed by atoms with Crippen molar-refractivity contribution in [1.82, 2.24) is 5.32 Å². The van der Waals surface area contributed by atoms with Gasteiger partial charge in [-0.1, -0.05) is 37.3 Å². The van der Waals surface area contributed by atoms with Crippen molar-refractivity contribution < 1.29 is 22.7 Å². The number of hydrogen-bond donors (Lipinski definition) is 1. The molecule has 0 heterocycles. The number of hydrogen-bond acceptors (Lipinski definition) is 3. The fourth-order valence-corrected chi connectivity index (χ4v) is 1.64. The summed E-state index contributed by atoms with van der Waals surface area (Å²) >= 11 is 0. The molecule has 0 saturated carbocycles. The van der Waals surface area contributed by atoms with Gasteiger partial charge in [0.15, 0.2) is 6.61 Å². The Kier molecular flexibility index (Phi) is 6.51. The van der Waals surface area contributed by atoms with Crippen LogP contribution in [0.25, 0.3) is 0 Å². The van der Waals surface area contributed by atoms with Crippen LogP contribution in [0.3, 0.4) is 0 Å². The van der Waals surface area contributed by atoms with E-state index in [4.69, 9.17) is 0 Å². The third-order valence-corrected chi connectivity index (χ3v) is 2.74. The highest BCUT2D eigenvalue weighted by atomic mass is 19.4. The average Bonchev–Trinajstić information content (AvgIpc) is 2.41. The van der Waals surface area contributed by atoms with Crippen molar-refractivity contribution in [2.75, 3.05) is 6.61 Å². The summed E-state index contributed by atoms with van der Waals surface area (Å²) in [4.78, 5) is 11.3. The SMILES string of the molecule is CCC(CC(=O)OCC(F)(F)F)NCc1ccccc1. The average molecular weight is 289 g/mol.